The van der Waals surface area contributed by atoms with E-state index in [0.29, 0.717) is 5.92 Å². The van der Waals surface area contributed by atoms with Crippen molar-refractivity contribution >= 4 is 41.5 Å². The van der Waals surface area contributed by atoms with Crippen molar-refractivity contribution in [1.82, 2.24) is 10.2 Å². The molecule has 0 aromatic heterocycles. The number of methoxy groups -OCH3 is 1. The second kappa shape index (κ2) is 10.3. The van der Waals surface area contributed by atoms with Gasteiger partial charge in [-0.3, -0.25) is 4.99 Å². The van der Waals surface area contributed by atoms with Gasteiger partial charge in [0, 0.05) is 44.7 Å². The van der Waals surface area contributed by atoms with Crippen molar-refractivity contribution in [2.75, 3.05) is 40.4 Å². The predicted molar refractivity (Wildman–Crippen MR) is 103 cm³/mol. The maximum Gasteiger partial charge on any atom is 0.193 e. The van der Waals surface area contributed by atoms with Gasteiger partial charge in [0.2, 0.25) is 0 Å². The van der Waals surface area contributed by atoms with E-state index in [4.69, 9.17) is 16.3 Å². The van der Waals surface area contributed by atoms with E-state index in [1.54, 1.807) is 7.11 Å². The number of nitrogens with one attached hydrogen (secondary N) is 1. The lowest BCUT2D eigenvalue weighted by atomic mass is 10.1. The Bertz CT molecular complexity index is 484. The molecule has 1 aliphatic heterocycles. The molecule has 1 fully saturated rings. The number of benzene rings is 1. The normalized spacial score (nSPS) is 18.2. The Morgan fingerprint density at radius 2 is 2.23 bits per heavy atom. The number of ether oxygens (including phenoxy) is 1. The molecule has 0 radical (unpaired) electrons. The lowest BCUT2D eigenvalue weighted by molar-refractivity contribution is 0.157. The minimum Gasteiger partial charge on any atom is -0.384 e. The number of guanidine groups is 1. The number of hydrogen-bond acceptors (Lipinski definition) is 2. The van der Waals surface area contributed by atoms with Gasteiger partial charge in [0.15, 0.2) is 5.96 Å². The monoisotopic (exact) mass is 437 g/mol. The first-order valence-electron chi connectivity index (χ1n) is 7.42. The van der Waals surface area contributed by atoms with Crippen LogP contribution in [0.1, 0.15) is 12.0 Å². The molecule has 0 amide bonds. The van der Waals surface area contributed by atoms with Gasteiger partial charge in [-0.25, -0.2) is 0 Å². The third kappa shape index (κ3) is 5.59. The van der Waals surface area contributed by atoms with E-state index in [1.165, 1.54) is 12.0 Å². The first kappa shape index (κ1) is 19.5. The van der Waals surface area contributed by atoms with E-state index < -0.39 is 0 Å². The average Bonchev–Trinajstić information content (AvgIpc) is 2.94. The Hall–Kier alpha value is -0.530. The molecular weight excluding hydrogens is 413 g/mol. The molecule has 22 heavy (non-hydrogen) atoms. The van der Waals surface area contributed by atoms with Crippen LogP contribution in [0.5, 0.6) is 0 Å². The van der Waals surface area contributed by atoms with Crippen LogP contribution in [0, 0.1) is 5.92 Å². The molecule has 124 valence electrons. The Kier molecular flexibility index (Phi) is 9.12. The highest BCUT2D eigenvalue weighted by Crippen LogP contribution is 2.17. The van der Waals surface area contributed by atoms with E-state index >= 15 is 0 Å². The second-order valence-corrected chi connectivity index (χ2v) is 5.78. The lowest BCUT2D eigenvalue weighted by Gasteiger charge is -2.21. The van der Waals surface area contributed by atoms with Crippen LogP contribution in [0.2, 0.25) is 5.02 Å². The number of halogens is 2. The molecular formula is C16H25ClIN3O. The summed E-state index contributed by atoms with van der Waals surface area (Å²) in [6.07, 6.45) is 2.06. The fourth-order valence-electron chi connectivity index (χ4n) is 2.74. The Labute approximate surface area is 155 Å². The summed E-state index contributed by atoms with van der Waals surface area (Å²) in [6, 6.07) is 7.98. The van der Waals surface area contributed by atoms with Crippen molar-refractivity contribution in [1.29, 1.82) is 0 Å². The summed E-state index contributed by atoms with van der Waals surface area (Å²) < 4.78 is 5.24. The largest absolute Gasteiger partial charge is 0.384 e. The zero-order valence-electron chi connectivity index (χ0n) is 13.2. The van der Waals surface area contributed by atoms with E-state index in [2.05, 4.69) is 21.3 Å². The summed E-state index contributed by atoms with van der Waals surface area (Å²) in [5, 5.41) is 4.26. The predicted octanol–water partition coefficient (Wildman–Crippen LogP) is 3.04. The lowest BCUT2D eigenvalue weighted by Crippen LogP contribution is -2.41. The Morgan fingerprint density at radius 1 is 1.45 bits per heavy atom. The molecule has 0 spiro atoms. The summed E-state index contributed by atoms with van der Waals surface area (Å²) in [4.78, 5) is 6.68. The molecule has 0 aliphatic carbocycles. The van der Waals surface area contributed by atoms with Crippen molar-refractivity contribution in [3.05, 3.63) is 34.9 Å². The van der Waals surface area contributed by atoms with Crippen LogP contribution < -0.4 is 5.32 Å². The number of rotatable bonds is 5. The van der Waals surface area contributed by atoms with Crippen LogP contribution >= 0.6 is 35.6 Å². The zero-order chi connectivity index (χ0) is 15.1. The van der Waals surface area contributed by atoms with Crippen molar-refractivity contribution in [3.63, 3.8) is 0 Å². The van der Waals surface area contributed by atoms with Crippen LogP contribution in [-0.2, 0) is 11.2 Å². The molecule has 0 bridgehead atoms. The summed E-state index contributed by atoms with van der Waals surface area (Å²) in [5.41, 5.74) is 1.17. The topological polar surface area (TPSA) is 36.9 Å². The van der Waals surface area contributed by atoms with Gasteiger partial charge in [0.1, 0.15) is 0 Å². The molecule has 1 aromatic carbocycles. The molecule has 1 unspecified atom stereocenters. The third-order valence-corrected chi connectivity index (χ3v) is 4.20. The average molecular weight is 438 g/mol. The fraction of sp³-hybridized carbons (Fsp3) is 0.562. The van der Waals surface area contributed by atoms with E-state index in [1.807, 2.05) is 25.2 Å². The highest BCUT2D eigenvalue weighted by Gasteiger charge is 2.24. The van der Waals surface area contributed by atoms with E-state index in [0.717, 1.165) is 43.6 Å². The van der Waals surface area contributed by atoms with E-state index in [9.17, 15) is 0 Å². The zero-order valence-corrected chi connectivity index (χ0v) is 16.3. The maximum atomic E-state index is 6.17. The van der Waals surface area contributed by atoms with Crippen molar-refractivity contribution in [3.8, 4) is 0 Å². The quantitative estimate of drug-likeness (QED) is 0.437. The number of aliphatic imine (C=N–C) groups is 1. The standard InChI is InChI=1S/C16H24ClN3O.HI/c1-18-16(20-10-8-13(11-20)12-21-2)19-9-7-14-5-3-4-6-15(14)17;/h3-6,13H,7-12H2,1-2H3,(H,18,19);1H. The van der Waals surface area contributed by atoms with Crippen LogP contribution in [0.25, 0.3) is 0 Å². The van der Waals surface area contributed by atoms with Gasteiger partial charge in [-0.2, -0.15) is 0 Å². The van der Waals surface area contributed by atoms with Crippen LogP contribution in [-0.4, -0.2) is 51.3 Å². The van der Waals surface area contributed by atoms with Gasteiger partial charge in [-0.1, -0.05) is 29.8 Å². The molecule has 1 saturated heterocycles. The molecule has 1 N–H and O–H groups in total. The van der Waals surface area contributed by atoms with E-state index in [-0.39, 0.29) is 24.0 Å². The summed E-state index contributed by atoms with van der Waals surface area (Å²) >= 11 is 6.17. The minimum atomic E-state index is 0. The summed E-state index contributed by atoms with van der Waals surface area (Å²) in [5.74, 6) is 1.58. The van der Waals surface area contributed by atoms with Gasteiger partial charge in [0.25, 0.3) is 0 Å². The van der Waals surface area contributed by atoms with Crippen LogP contribution in [0.4, 0.5) is 0 Å². The van der Waals surface area contributed by atoms with Gasteiger partial charge >= 0.3 is 0 Å². The summed E-state index contributed by atoms with van der Waals surface area (Å²) in [7, 11) is 3.60. The van der Waals surface area contributed by atoms with Crippen molar-refractivity contribution in [2.24, 2.45) is 10.9 Å². The second-order valence-electron chi connectivity index (χ2n) is 5.37. The highest BCUT2D eigenvalue weighted by molar-refractivity contribution is 14.0. The number of likely N-dealkylation sites (tertiary alicyclic amines) is 1. The molecule has 4 nitrogen and oxygen atoms in total. The molecule has 1 heterocycles. The first-order valence-corrected chi connectivity index (χ1v) is 7.80. The molecule has 2 rings (SSSR count). The van der Waals surface area contributed by atoms with Gasteiger partial charge in [0.05, 0.1) is 6.61 Å². The van der Waals surface area contributed by atoms with Crippen molar-refractivity contribution in [2.45, 2.75) is 12.8 Å². The number of hydrogen-bond donors (Lipinski definition) is 1. The molecule has 1 aliphatic rings. The van der Waals surface area contributed by atoms with Gasteiger partial charge in [-0.05, 0) is 24.5 Å². The number of nitrogens with zero attached hydrogens (tertiary/aromatic N) is 2. The highest BCUT2D eigenvalue weighted by atomic mass is 127. The van der Waals surface area contributed by atoms with Gasteiger partial charge < -0.3 is 15.0 Å². The fourth-order valence-corrected chi connectivity index (χ4v) is 2.97. The Morgan fingerprint density at radius 3 is 2.91 bits per heavy atom. The van der Waals surface area contributed by atoms with Crippen LogP contribution in [0.15, 0.2) is 29.3 Å². The molecule has 1 aromatic rings. The minimum absolute atomic E-state index is 0. The summed E-state index contributed by atoms with van der Waals surface area (Å²) in [6.45, 7) is 3.72. The molecule has 6 heteroatoms. The van der Waals surface area contributed by atoms with Crippen LogP contribution in [0.3, 0.4) is 0 Å². The smallest absolute Gasteiger partial charge is 0.193 e. The first-order chi connectivity index (χ1) is 10.2. The Balaban J connectivity index is 0.00000242. The van der Waals surface area contributed by atoms with Crippen molar-refractivity contribution < 1.29 is 4.74 Å². The molecule has 1 atom stereocenters. The SMILES string of the molecule is CN=C(NCCc1ccccc1Cl)N1CCC(COC)C1.I. The maximum absolute atomic E-state index is 6.17. The third-order valence-electron chi connectivity index (χ3n) is 3.83. The molecule has 0 saturated carbocycles. The van der Waals surface area contributed by atoms with Gasteiger partial charge in [-0.15, -0.1) is 24.0 Å².